The first kappa shape index (κ1) is 19.2. The van der Waals surface area contributed by atoms with E-state index in [-0.39, 0.29) is 24.4 Å². The van der Waals surface area contributed by atoms with Crippen molar-refractivity contribution < 1.29 is 4.79 Å². The summed E-state index contributed by atoms with van der Waals surface area (Å²) in [7, 11) is 0. The average molecular weight is 333 g/mol. The van der Waals surface area contributed by atoms with Gasteiger partial charge in [0, 0.05) is 0 Å². The Hall–Kier alpha value is -1.84. The van der Waals surface area contributed by atoms with Crippen LogP contribution in [0, 0.1) is 20.8 Å². The molecule has 0 saturated heterocycles. The van der Waals surface area contributed by atoms with E-state index in [1.54, 1.807) is 0 Å². The summed E-state index contributed by atoms with van der Waals surface area (Å²) in [5, 5.41) is 3.01. The number of nitrogens with one attached hydrogen (secondary N) is 1. The Kier molecular flexibility index (Phi) is 6.79. The number of benzene rings is 2. The molecular weight excluding hydrogens is 308 g/mol. The maximum absolute atomic E-state index is 12.4. The molecule has 0 aliphatic heterocycles. The minimum absolute atomic E-state index is 0. The Morgan fingerprint density at radius 2 is 1.57 bits per heavy atom. The zero-order valence-electron chi connectivity index (χ0n) is 14.1. The molecule has 2 atom stereocenters. The van der Waals surface area contributed by atoms with Crippen molar-refractivity contribution in [3.8, 4) is 0 Å². The van der Waals surface area contributed by atoms with E-state index in [1.165, 1.54) is 11.1 Å². The molecule has 1 amide bonds. The lowest BCUT2D eigenvalue weighted by Gasteiger charge is -2.20. The smallest absolute Gasteiger partial charge is 0.241 e. The van der Waals surface area contributed by atoms with E-state index in [1.807, 2.05) is 38.1 Å². The van der Waals surface area contributed by atoms with Crippen molar-refractivity contribution in [2.24, 2.45) is 5.73 Å². The van der Waals surface area contributed by atoms with Gasteiger partial charge in [-0.15, -0.1) is 12.4 Å². The highest BCUT2D eigenvalue weighted by Gasteiger charge is 2.19. The van der Waals surface area contributed by atoms with Gasteiger partial charge in [-0.05, 0) is 44.4 Å². The fourth-order valence-corrected chi connectivity index (χ4v) is 2.62. The summed E-state index contributed by atoms with van der Waals surface area (Å²) in [4.78, 5) is 12.4. The van der Waals surface area contributed by atoms with Crippen LogP contribution in [0.25, 0.3) is 0 Å². The lowest BCUT2D eigenvalue weighted by Crippen LogP contribution is -2.35. The molecule has 4 heteroatoms. The Labute approximate surface area is 144 Å². The van der Waals surface area contributed by atoms with Crippen LogP contribution in [0.4, 0.5) is 0 Å². The highest BCUT2D eigenvalue weighted by atomic mass is 35.5. The van der Waals surface area contributed by atoms with E-state index in [2.05, 4.69) is 37.4 Å². The van der Waals surface area contributed by atoms with Crippen molar-refractivity contribution in [3.05, 3.63) is 70.3 Å². The third kappa shape index (κ3) is 4.81. The third-order valence-electron chi connectivity index (χ3n) is 3.97. The maximum atomic E-state index is 12.4. The standard InChI is InChI=1S/C19H24N2O.ClH/c1-12-5-8-16(9-6-12)18(20)19(22)21-15(4)17-10-7-13(2)11-14(17)3;/h5-11,15,18H,20H2,1-4H3,(H,21,22);1H. The Morgan fingerprint density at radius 1 is 1.00 bits per heavy atom. The number of carbonyl (C=O) groups is 1. The Bertz CT molecular complexity index is 668. The van der Waals surface area contributed by atoms with Gasteiger partial charge in [0.05, 0.1) is 6.04 Å². The molecule has 0 aromatic heterocycles. The molecule has 0 aliphatic rings. The molecule has 2 aromatic carbocycles. The summed E-state index contributed by atoms with van der Waals surface area (Å²) in [6.07, 6.45) is 0. The van der Waals surface area contributed by atoms with Gasteiger partial charge < -0.3 is 11.1 Å². The van der Waals surface area contributed by atoms with Crippen LogP contribution in [-0.4, -0.2) is 5.91 Å². The second-order valence-corrected chi connectivity index (χ2v) is 5.98. The molecule has 3 N–H and O–H groups in total. The molecule has 0 spiro atoms. The van der Waals surface area contributed by atoms with E-state index >= 15 is 0 Å². The van der Waals surface area contributed by atoms with Gasteiger partial charge in [0.25, 0.3) is 0 Å². The van der Waals surface area contributed by atoms with Crippen LogP contribution in [0.2, 0.25) is 0 Å². The molecule has 0 fully saturated rings. The molecule has 2 aromatic rings. The highest BCUT2D eigenvalue weighted by molar-refractivity contribution is 5.85. The van der Waals surface area contributed by atoms with Gasteiger partial charge in [-0.25, -0.2) is 0 Å². The number of hydrogen-bond donors (Lipinski definition) is 2. The molecule has 0 heterocycles. The van der Waals surface area contributed by atoms with Crippen LogP contribution in [0.1, 0.15) is 46.8 Å². The first-order valence-electron chi connectivity index (χ1n) is 7.58. The summed E-state index contributed by atoms with van der Waals surface area (Å²) in [5.74, 6) is -0.156. The highest BCUT2D eigenvalue weighted by Crippen LogP contribution is 2.20. The Morgan fingerprint density at radius 3 is 2.13 bits per heavy atom. The minimum Gasteiger partial charge on any atom is -0.348 e. The van der Waals surface area contributed by atoms with E-state index < -0.39 is 6.04 Å². The topological polar surface area (TPSA) is 55.1 Å². The van der Waals surface area contributed by atoms with Gasteiger partial charge in [0.2, 0.25) is 5.91 Å². The molecule has 0 saturated carbocycles. The van der Waals surface area contributed by atoms with Crippen LogP contribution in [0.15, 0.2) is 42.5 Å². The summed E-state index contributed by atoms with van der Waals surface area (Å²) < 4.78 is 0. The molecular formula is C19H25ClN2O. The fraction of sp³-hybridized carbons (Fsp3) is 0.316. The van der Waals surface area contributed by atoms with Crippen molar-refractivity contribution in [1.29, 1.82) is 0 Å². The summed E-state index contributed by atoms with van der Waals surface area (Å²) in [6.45, 7) is 8.12. The number of carbonyl (C=O) groups excluding carboxylic acids is 1. The SMILES string of the molecule is Cc1ccc(C(N)C(=O)NC(C)c2ccc(C)cc2C)cc1.Cl. The number of halogens is 1. The van der Waals surface area contributed by atoms with E-state index in [4.69, 9.17) is 5.73 Å². The van der Waals surface area contributed by atoms with Crippen LogP contribution >= 0.6 is 12.4 Å². The third-order valence-corrected chi connectivity index (χ3v) is 3.97. The lowest BCUT2D eigenvalue weighted by molar-refractivity contribution is -0.123. The first-order chi connectivity index (χ1) is 10.4. The number of amides is 1. The van der Waals surface area contributed by atoms with Crippen LogP contribution in [-0.2, 0) is 4.79 Å². The van der Waals surface area contributed by atoms with Gasteiger partial charge in [-0.2, -0.15) is 0 Å². The summed E-state index contributed by atoms with van der Waals surface area (Å²) in [6, 6.07) is 13.3. The zero-order chi connectivity index (χ0) is 16.3. The summed E-state index contributed by atoms with van der Waals surface area (Å²) >= 11 is 0. The Balaban J connectivity index is 0.00000264. The van der Waals surface area contributed by atoms with E-state index in [0.717, 1.165) is 16.7 Å². The number of rotatable bonds is 4. The van der Waals surface area contributed by atoms with E-state index in [0.29, 0.717) is 0 Å². The monoisotopic (exact) mass is 332 g/mol. The minimum atomic E-state index is -0.645. The quantitative estimate of drug-likeness (QED) is 0.891. The van der Waals surface area contributed by atoms with Gasteiger partial charge in [-0.1, -0.05) is 53.6 Å². The van der Waals surface area contributed by atoms with Gasteiger partial charge in [0.1, 0.15) is 6.04 Å². The predicted octanol–water partition coefficient (Wildman–Crippen LogP) is 3.91. The molecule has 23 heavy (non-hydrogen) atoms. The molecule has 3 nitrogen and oxygen atoms in total. The second kappa shape index (κ2) is 8.14. The van der Waals surface area contributed by atoms with Gasteiger partial charge in [-0.3, -0.25) is 4.79 Å². The molecule has 124 valence electrons. The largest absolute Gasteiger partial charge is 0.348 e. The zero-order valence-corrected chi connectivity index (χ0v) is 14.9. The molecule has 2 unspecified atom stereocenters. The van der Waals surface area contributed by atoms with Crippen molar-refractivity contribution >= 4 is 18.3 Å². The lowest BCUT2D eigenvalue weighted by atomic mass is 9.99. The van der Waals surface area contributed by atoms with Crippen molar-refractivity contribution in [2.45, 2.75) is 39.8 Å². The molecule has 2 rings (SSSR count). The molecule has 0 bridgehead atoms. The number of aryl methyl sites for hydroxylation is 3. The van der Waals surface area contributed by atoms with Gasteiger partial charge in [0.15, 0.2) is 0 Å². The fourth-order valence-electron chi connectivity index (χ4n) is 2.62. The van der Waals surface area contributed by atoms with Crippen LogP contribution < -0.4 is 11.1 Å². The van der Waals surface area contributed by atoms with Gasteiger partial charge >= 0.3 is 0 Å². The van der Waals surface area contributed by atoms with Crippen molar-refractivity contribution in [1.82, 2.24) is 5.32 Å². The molecule has 0 radical (unpaired) electrons. The maximum Gasteiger partial charge on any atom is 0.241 e. The second-order valence-electron chi connectivity index (χ2n) is 5.98. The number of nitrogens with two attached hydrogens (primary N) is 1. The first-order valence-corrected chi connectivity index (χ1v) is 7.58. The van der Waals surface area contributed by atoms with Crippen molar-refractivity contribution in [2.75, 3.05) is 0 Å². The van der Waals surface area contributed by atoms with E-state index in [9.17, 15) is 4.79 Å². The van der Waals surface area contributed by atoms with Crippen LogP contribution in [0.5, 0.6) is 0 Å². The molecule has 0 aliphatic carbocycles. The number of hydrogen-bond acceptors (Lipinski definition) is 2. The summed E-state index contributed by atoms with van der Waals surface area (Å²) in [5.41, 5.74) is 11.6. The van der Waals surface area contributed by atoms with Crippen molar-refractivity contribution in [3.63, 3.8) is 0 Å². The normalized spacial score (nSPS) is 12.9. The average Bonchev–Trinajstić information content (AvgIpc) is 2.47. The van der Waals surface area contributed by atoms with Crippen LogP contribution in [0.3, 0.4) is 0 Å². The predicted molar refractivity (Wildman–Crippen MR) is 97.8 cm³/mol.